The average molecular weight is 296 g/mol. The normalized spacial score (nSPS) is 15.9. The van der Waals surface area contributed by atoms with Gasteiger partial charge >= 0.3 is 0 Å². The summed E-state index contributed by atoms with van der Waals surface area (Å²) in [6.07, 6.45) is 1.90. The van der Waals surface area contributed by atoms with E-state index in [1.807, 2.05) is 0 Å². The van der Waals surface area contributed by atoms with E-state index in [9.17, 15) is 18.4 Å². The Labute approximate surface area is 122 Å². The number of nitrogens with one attached hydrogen (secondary N) is 1. The number of carbonyl (C=O) groups is 2. The average Bonchev–Trinajstić information content (AvgIpc) is 2.45. The van der Waals surface area contributed by atoms with Crippen molar-refractivity contribution < 1.29 is 18.4 Å². The van der Waals surface area contributed by atoms with Gasteiger partial charge in [0.15, 0.2) is 0 Å². The highest BCUT2D eigenvalue weighted by Gasteiger charge is 2.21. The maximum atomic E-state index is 13.4. The van der Waals surface area contributed by atoms with Crippen LogP contribution in [0.1, 0.15) is 30.1 Å². The van der Waals surface area contributed by atoms with E-state index in [0.717, 1.165) is 25.0 Å². The van der Waals surface area contributed by atoms with Gasteiger partial charge in [-0.3, -0.25) is 9.59 Å². The summed E-state index contributed by atoms with van der Waals surface area (Å²) in [4.78, 5) is 25.4. The van der Waals surface area contributed by atoms with Gasteiger partial charge in [-0.2, -0.15) is 0 Å². The molecule has 0 bridgehead atoms. The Balaban J connectivity index is 1.87. The molecule has 1 aromatic rings. The summed E-state index contributed by atoms with van der Waals surface area (Å²) in [5.74, 6) is -1.98. The molecule has 0 atom stereocenters. The largest absolute Gasteiger partial charge is 0.343 e. The van der Waals surface area contributed by atoms with Crippen LogP contribution in [0.2, 0.25) is 0 Å². The number of hydrogen-bond donors (Lipinski definition) is 1. The third-order valence-corrected chi connectivity index (χ3v) is 3.71. The quantitative estimate of drug-likeness (QED) is 0.927. The first kappa shape index (κ1) is 15.4. The summed E-state index contributed by atoms with van der Waals surface area (Å²) in [5.41, 5.74) is -0.267. The predicted octanol–water partition coefficient (Wildman–Crippen LogP) is 1.95. The smallest absolute Gasteiger partial charge is 0.254 e. The first-order valence-electron chi connectivity index (χ1n) is 6.98. The van der Waals surface area contributed by atoms with E-state index < -0.39 is 17.5 Å². The van der Waals surface area contributed by atoms with Crippen molar-refractivity contribution in [1.82, 2.24) is 10.2 Å². The van der Waals surface area contributed by atoms with Crippen LogP contribution in [0.3, 0.4) is 0 Å². The third kappa shape index (κ3) is 4.00. The highest BCUT2D eigenvalue weighted by atomic mass is 19.1. The van der Waals surface area contributed by atoms with E-state index in [2.05, 4.69) is 12.2 Å². The van der Waals surface area contributed by atoms with Crippen molar-refractivity contribution in [2.75, 3.05) is 19.6 Å². The van der Waals surface area contributed by atoms with Crippen molar-refractivity contribution >= 4 is 11.8 Å². The molecule has 0 spiro atoms. The molecule has 0 aliphatic carbocycles. The second-order valence-corrected chi connectivity index (χ2v) is 5.37. The molecule has 1 saturated heterocycles. The Morgan fingerprint density at radius 1 is 1.29 bits per heavy atom. The van der Waals surface area contributed by atoms with Gasteiger partial charge in [-0.15, -0.1) is 0 Å². The minimum absolute atomic E-state index is 0.177. The van der Waals surface area contributed by atoms with Gasteiger partial charge < -0.3 is 10.2 Å². The molecule has 0 unspecified atom stereocenters. The van der Waals surface area contributed by atoms with Gasteiger partial charge in [-0.1, -0.05) is 6.92 Å². The molecule has 1 aliphatic heterocycles. The fraction of sp³-hybridized carbons (Fsp3) is 0.467. The van der Waals surface area contributed by atoms with E-state index >= 15 is 0 Å². The van der Waals surface area contributed by atoms with Gasteiger partial charge in [0.25, 0.3) is 5.91 Å². The molecule has 2 rings (SSSR count). The second kappa shape index (κ2) is 6.65. The number of likely N-dealkylation sites (tertiary alicyclic amines) is 1. The lowest BCUT2D eigenvalue weighted by atomic mass is 9.99. The zero-order chi connectivity index (χ0) is 15.4. The summed E-state index contributed by atoms with van der Waals surface area (Å²) in [5, 5.41) is 2.37. The number of piperidine rings is 1. The summed E-state index contributed by atoms with van der Waals surface area (Å²) < 4.78 is 26.2. The Morgan fingerprint density at radius 2 is 1.95 bits per heavy atom. The fourth-order valence-corrected chi connectivity index (χ4v) is 2.29. The van der Waals surface area contributed by atoms with Crippen LogP contribution >= 0.6 is 0 Å². The number of benzene rings is 1. The molecular weight excluding hydrogens is 278 g/mol. The van der Waals surface area contributed by atoms with E-state index in [1.54, 1.807) is 4.90 Å². The van der Waals surface area contributed by atoms with Crippen LogP contribution in [0.4, 0.5) is 8.78 Å². The standard InChI is InChI=1S/C15H18F2N2O2/c1-10-4-6-19(7-5-10)14(20)9-18-15(21)12-3-2-11(16)8-13(12)17/h2-3,8,10H,4-7,9H2,1H3,(H,18,21). The zero-order valence-electron chi connectivity index (χ0n) is 11.9. The van der Waals surface area contributed by atoms with E-state index in [0.29, 0.717) is 25.1 Å². The van der Waals surface area contributed by atoms with Crippen LogP contribution in [0.5, 0.6) is 0 Å². The molecule has 0 aromatic heterocycles. The predicted molar refractivity (Wildman–Crippen MR) is 73.7 cm³/mol. The van der Waals surface area contributed by atoms with Crippen molar-refractivity contribution in [2.24, 2.45) is 5.92 Å². The van der Waals surface area contributed by atoms with Gasteiger partial charge in [-0.05, 0) is 30.9 Å². The molecule has 1 aromatic carbocycles. The number of nitrogens with zero attached hydrogens (tertiary/aromatic N) is 1. The van der Waals surface area contributed by atoms with Gasteiger partial charge in [0, 0.05) is 19.2 Å². The lowest BCUT2D eigenvalue weighted by molar-refractivity contribution is -0.131. The molecular formula is C15H18F2N2O2. The van der Waals surface area contributed by atoms with Crippen molar-refractivity contribution in [3.8, 4) is 0 Å². The molecule has 4 nitrogen and oxygen atoms in total. The summed E-state index contributed by atoms with van der Waals surface area (Å²) >= 11 is 0. The zero-order valence-corrected chi connectivity index (χ0v) is 11.9. The minimum atomic E-state index is -0.938. The van der Waals surface area contributed by atoms with Crippen molar-refractivity contribution in [2.45, 2.75) is 19.8 Å². The number of carbonyl (C=O) groups excluding carboxylic acids is 2. The van der Waals surface area contributed by atoms with Gasteiger partial charge in [0.1, 0.15) is 11.6 Å². The Kier molecular flexibility index (Phi) is 4.88. The maximum Gasteiger partial charge on any atom is 0.254 e. The Hall–Kier alpha value is -1.98. The summed E-state index contributed by atoms with van der Waals surface area (Å²) in [6, 6.07) is 2.71. The highest BCUT2D eigenvalue weighted by molar-refractivity contribution is 5.96. The monoisotopic (exact) mass is 296 g/mol. The van der Waals surface area contributed by atoms with Crippen molar-refractivity contribution in [1.29, 1.82) is 0 Å². The van der Waals surface area contributed by atoms with Crippen molar-refractivity contribution in [3.63, 3.8) is 0 Å². The highest BCUT2D eigenvalue weighted by Crippen LogP contribution is 2.15. The van der Waals surface area contributed by atoms with Crippen LogP contribution in [-0.4, -0.2) is 36.3 Å². The maximum absolute atomic E-state index is 13.4. The third-order valence-electron chi connectivity index (χ3n) is 3.71. The SMILES string of the molecule is CC1CCN(C(=O)CNC(=O)c2ccc(F)cc2F)CC1. The molecule has 1 aliphatic rings. The molecule has 2 amide bonds. The van der Waals surface area contributed by atoms with Crippen LogP contribution in [0.15, 0.2) is 18.2 Å². The first-order valence-corrected chi connectivity index (χ1v) is 6.98. The molecule has 114 valence electrons. The number of amides is 2. The molecule has 0 saturated carbocycles. The van der Waals surface area contributed by atoms with Gasteiger partial charge in [0.2, 0.25) is 5.91 Å². The Morgan fingerprint density at radius 3 is 2.57 bits per heavy atom. The molecule has 1 heterocycles. The molecule has 6 heteroatoms. The topological polar surface area (TPSA) is 49.4 Å². The van der Waals surface area contributed by atoms with Gasteiger partial charge in [-0.25, -0.2) is 8.78 Å². The van der Waals surface area contributed by atoms with E-state index in [4.69, 9.17) is 0 Å². The summed E-state index contributed by atoms with van der Waals surface area (Å²) in [7, 11) is 0. The second-order valence-electron chi connectivity index (χ2n) is 5.37. The Bertz CT molecular complexity index is 540. The number of hydrogen-bond acceptors (Lipinski definition) is 2. The molecule has 1 fully saturated rings. The molecule has 0 radical (unpaired) electrons. The van der Waals surface area contributed by atoms with Gasteiger partial charge in [0.05, 0.1) is 12.1 Å². The van der Waals surface area contributed by atoms with Crippen LogP contribution in [0, 0.1) is 17.6 Å². The van der Waals surface area contributed by atoms with Crippen LogP contribution < -0.4 is 5.32 Å². The van der Waals surface area contributed by atoms with Crippen LogP contribution in [-0.2, 0) is 4.79 Å². The molecule has 21 heavy (non-hydrogen) atoms. The fourth-order valence-electron chi connectivity index (χ4n) is 2.29. The number of rotatable bonds is 3. The van der Waals surface area contributed by atoms with Crippen molar-refractivity contribution in [3.05, 3.63) is 35.4 Å². The molecule has 1 N–H and O–H groups in total. The lowest BCUT2D eigenvalue weighted by Gasteiger charge is -2.30. The summed E-state index contributed by atoms with van der Waals surface area (Å²) in [6.45, 7) is 3.33. The first-order chi connectivity index (χ1) is 9.97. The van der Waals surface area contributed by atoms with E-state index in [-0.39, 0.29) is 18.0 Å². The lowest BCUT2D eigenvalue weighted by Crippen LogP contribution is -2.43. The minimum Gasteiger partial charge on any atom is -0.343 e. The van der Waals surface area contributed by atoms with Crippen LogP contribution in [0.25, 0.3) is 0 Å². The van der Waals surface area contributed by atoms with E-state index in [1.165, 1.54) is 0 Å². The number of halogens is 2.